The molecule has 2 unspecified atom stereocenters. The van der Waals surface area contributed by atoms with Crippen molar-refractivity contribution in [1.29, 1.82) is 0 Å². The summed E-state index contributed by atoms with van der Waals surface area (Å²) in [5.41, 5.74) is 7.91. The van der Waals surface area contributed by atoms with Gasteiger partial charge in [0.1, 0.15) is 11.9 Å². The topological polar surface area (TPSA) is 35.0 Å². The summed E-state index contributed by atoms with van der Waals surface area (Å²) >= 11 is 0. The molecule has 0 saturated heterocycles. The summed E-state index contributed by atoms with van der Waals surface area (Å²) in [6.45, 7) is 0. The van der Waals surface area contributed by atoms with Crippen LogP contribution in [0, 0.1) is 5.92 Å². The van der Waals surface area contributed by atoms with Crippen LogP contribution in [0.2, 0.25) is 0 Å². The van der Waals surface area contributed by atoms with Crippen molar-refractivity contribution < 1.29 is 4.74 Å². The Hall–Kier alpha value is -5.80. The van der Waals surface area contributed by atoms with E-state index < -0.39 is 0 Å². The van der Waals surface area contributed by atoms with E-state index in [1.165, 1.54) is 54.6 Å². The normalized spacial score (nSPS) is 17.5. The standard InChI is InChI=1S/C42H26N2O/c1-6-12-39-26(7-1)23-40(45-39)36-24-35(29-20-22-44-38-11-5-3-9-31(29)38)33-18-17-32-27(15-13-25-14-16-34(36)42(33)41(25)32)28-19-21-43-37-10-4-2-8-30(28)37/h1-24,26,39H. The van der Waals surface area contributed by atoms with Crippen LogP contribution in [0.1, 0.15) is 5.56 Å². The summed E-state index contributed by atoms with van der Waals surface area (Å²) in [7, 11) is 0. The Bertz CT molecular complexity index is 2580. The molecule has 2 atom stereocenters. The minimum atomic E-state index is 0.0281. The number of aromatic nitrogens is 2. The zero-order valence-electron chi connectivity index (χ0n) is 24.3. The number of benzene rings is 6. The number of pyridine rings is 2. The maximum Gasteiger partial charge on any atom is 0.127 e. The van der Waals surface area contributed by atoms with E-state index in [2.05, 4.69) is 138 Å². The van der Waals surface area contributed by atoms with Crippen LogP contribution in [-0.2, 0) is 4.74 Å². The number of fused-ring (bicyclic) bond motifs is 3. The van der Waals surface area contributed by atoms with E-state index in [0.717, 1.165) is 33.1 Å². The molecule has 2 aliphatic rings. The van der Waals surface area contributed by atoms with Crippen LogP contribution in [0.25, 0.3) is 82.1 Å². The Morgan fingerprint density at radius 2 is 1.09 bits per heavy atom. The smallest absolute Gasteiger partial charge is 0.127 e. The Labute approximate surface area is 259 Å². The highest BCUT2D eigenvalue weighted by Crippen LogP contribution is 2.47. The van der Waals surface area contributed by atoms with Gasteiger partial charge in [-0.25, -0.2) is 0 Å². The molecule has 0 bridgehead atoms. The average Bonchev–Trinajstić information content (AvgIpc) is 3.54. The van der Waals surface area contributed by atoms with Crippen LogP contribution < -0.4 is 0 Å². The molecule has 3 heterocycles. The summed E-state index contributed by atoms with van der Waals surface area (Å²) in [5, 5.41) is 9.76. The molecule has 0 spiro atoms. The first kappa shape index (κ1) is 24.6. The van der Waals surface area contributed by atoms with Gasteiger partial charge in [-0.3, -0.25) is 9.97 Å². The van der Waals surface area contributed by atoms with E-state index in [0.29, 0.717) is 0 Å². The molecular formula is C42H26N2O. The minimum Gasteiger partial charge on any atom is -0.485 e. The summed E-state index contributed by atoms with van der Waals surface area (Å²) < 4.78 is 6.67. The second kappa shape index (κ2) is 9.35. The highest BCUT2D eigenvalue weighted by atomic mass is 16.5. The molecule has 45 heavy (non-hydrogen) atoms. The van der Waals surface area contributed by atoms with Crippen molar-refractivity contribution in [2.75, 3.05) is 0 Å². The van der Waals surface area contributed by atoms with Gasteiger partial charge < -0.3 is 4.74 Å². The maximum atomic E-state index is 6.67. The molecule has 0 amide bonds. The quantitative estimate of drug-likeness (QED) is 0.197. The maximum absolute atomic E-state index is 6.67. The number of ether oxygens (including phenoxy) is 1. The Balaban J connectivity index is 1.33. The summed E-state index contributed by atoms with van der Waals surface area (Å²) in [6.07, 6.45) is 14.8. The SMILES string of the molecule is C1=CC2C=C(c3cc(-c4ccnc5ccccc45)c4ccc5c(-c6ccnc7ccccc67)ccc6ccc3c4c65)OC2C=C1. The van der Waals surface area contributed by atoms with Gasteiger partial charge >= 0.3 is 0 Å². The van der Waals surface area contributed by atoms with E-state index in [9.17, 15) is 0 Å². The molecule has 0 radical (unpaired) electrons. The van der Waals surface area contributed by atoms with E-state index in [4.69, 9.17) is 9.72 Å². The van der Waals surface area contributed by atoms with E-state index in [1.807, 2.05) is 12.4 Å². The first-order valence-corrected chi connectivity index (χ1v) is 15.5. The third-order valence-corrected chi connectivity index (χ3v) is 9.66. The second-order valence-corrected chi connectivity index (χ2v) is 12.0. The number of nitrogens with zero attached hydrogens (tertiary/aromatic N) is 2. The number of hydrogen-bond acceptors (Lipinski definition) is 3. The summed E-state index contributed by atoms with van der Waals surface area (Å²) in [5.74, 6) is 1.18. The van der Waals surface area contributed by atoms with Gasteiger partial charge in [-0.15, -0.1) is 0 Å². The third kappa shape index (κ3) is 3.58. The Kier molecular flexibility index (Phi) is 5.11. The van der Waals surface area contributed by atoms with Crippen molar-refractivity contribution in [3.63, 3.8) is 0 Å². The molecular weight excluding hydrogens is 548 g/mol. The van der Waals surface area contributed by atoms with E-state index in [1.54, 1.807) is 0 Å². The van der Waals surface area contributed by atoms with Gasteiger partial charge in [0.15, 0.2) is 0 Å². The zero-order valence-corrected chi connectivity index (χ0v) is 24.3. The van der Waals surface area contributed by atoms with Gasteiger partial charge in [-0.05, 0) is 97.1 Å². The lowest BCUT2D eigenvalue weighted by atomic mass is 9.84. The van der Waals surface area contributed by atoms with Crippen LogP contribution in [0.3, 0.4) is 0 Å². The van der Waals surface area contributed by atoms with E-state index in [-0.39, 0.29) is 12.0 Å². The number of rotatable bonds is 3. The lowest BCUT2D eigenvalue weighted by Crippen LogP contribution is -2.13. The zero-order chi connectivity index (χ0) is 29.5. The molecule has 1 aliphatic heterocycles. The fraction of sp³-hybridized carbons (Fsp3) is 0.0476. The van der Waals surface area contributed by atoms with Crippen molar-refractivity contribution in [2.24, 2.45) is 5.92 Å². The van der Waals surface area contributed by atoms with Gasteiger partial charge in [0.25, 0.3) is 0 Å². The summed E-state index contributed by atoms with van der Waals surface area (Å²) in [4.78, 5) is 9.34. The van der Waals surface area contributed by atoms with Crippen LogP contribution in [0.4, 0.5) is 0 Å². The van der Waals surface area contributed by atoms with Gasteiger partial charge in [0.2, 0.25) is 0 Å². The highest BCUT2D eigenvalue weighted by Gasteiger charge is 2.29. The highest BCUT2D eigenvalue weighted by molar-refractivity contribution is 6.30. The minimum absolute atomic E-state index is 0.0281. The van der Waals surface area contributed by atoms with Gasteiger partial charge in [0.05, 0.1) is 11.0 Å². The fourth-order valence-corrected chi connectivity index (χ4v) is 7.61. The van der Waals surface area contributed by atoms with Gasteiger partial charge in [-0.1, -0.05) is 91.0 Å². The van der Waals surface area contributed by atoms with Crippen molar-refractivity contribution in [2.45, 2.75) is 6.10 Å². The third-order valence-electron chi connectivity index (χ3n) is 9.66. The summed E-state index contributed by atoms with van der Waals surface area (Å²) in [6, 6.07) is 37.2. The van der Waals surface area contributed by atoms with E-state index >= 15 is 0 Å². The Morgan fingerprint density at radius 3 is 1.84 bits per heavy atom. The second-order valence-electron chi connectivity index (χ2n) is 12.0. The molecule has 6 aromatic carbocycles. The molecule has 0 saturated carbocycles. The van der Waals surface area contributed by atoms with Crippen LogP contribution in [0.15, 0.2) is 146 Å². The van der Waals surface area contributed by atoms with Crippen molar-refractivity contribution >= 4 is 59.9 Å². The molecule has 8 aromatic rings. The largest absolute Gasteiger partial charge is 0.485 e. The lowest BCUT2D eigenvalue weighted by Gasteiger charge is -2.21. The van der Waals surface area contributed by atoms with Crippen LogP contribution in [-0.4, -0.2) is 16.1 Å². The molecule has 210 valence electrons. The predicted octanol–water partition coefficient (Wildman–Crippen LogP) is 10.5. The molecule has 0 N–H and O–H groups in total. The van der Waals surface area contributed by atoms with Gasteiger partial charge in [-0.2, -0.15) is 0 Å². The monoisotopic (exact) mass is 574 g/mol. The number of hydrogen-bond donors (Lipinski definition) is 0. The molecule has 3 heteroatoms. The molecule has 2 aromatic heterocycles. The first-order valence-electron chi connectivity index (χ1n) is 15.5. The molecule has 0 fully saturated rings. The van der Waals surface area contributed by atoms with Crippen molar-refractivity contribution in [3.8, 4) is 22.3 Å². The molecule has 10 rings (SSSR count). The number of allylic oxidation sites excluding steroid dienone is 2. The lowest BCUT2D eigenvalue weighted by molar-refractivity contribution is 0.213. The van der Waals surface area contributed by atoms with Crippen LogP contribution >= 0.6 is 0 Å². The van der Waals surface area contributed by atoms with Gasteiger partial charge in [0, 0.05) is 34.6 Å². The fourth-order valence-electron chi connectivity index (χ4n) is 7.61. The van der Waals surface area contributed by atoms with Crippen LogP contribution in [0.5, 0.6) is 0 Å². The molecule has 3 nitrogen and oxygen atoms in total. The predicted molar refractivity (Wildman–Crippen MR) is 186 cm³/mol. The van der Waals surface area contributed by atoms with Crippen molar-refractivity contribution in [3.05, 3.63) is 151 Å². The Morgan fingerprint density at radius 1 is 0.489 bits per heavy atom. The number of para-hydroxylation sites is 2. The molecule has 1 aliphatic carbocycles. The average molecular weight is 575 g/mol. The first-order chi connectivity index (χ1) is 22.3. The van der Waals surface area contributed by atoms with Crippen molar-refractivity contribution in [1.82, 2.24) is 9.97 Å².